The van der Waals surface area contributed by atoms with Crippen LogP contribution in [0, 0.1) is 0 Å². The van der Waals surface area contributed by atoms with Crippen molar-refractivity contribution in [3.63, 3.8) is 0 Å². The second-order valence-electron chi connectivity index (χ2n) is 6.40. The van der Waals surface area contributed by atoms with Gasteiger partial charge in [0, 0.05) is 18.7 Å². The molecule has 136 valence electrons. The Balaban J connectivity index is 2.01. The molecule has 1 aliphatic carbocycles. The lowest BCUT2D eigenvalue weighted by Crippen LogP contribution is -2.43. The van der Waals surface area contributed by atoms with Crippen molar-refractivity contribution in [1.29, 1.82) is 0 Å². The third-order valence-electron chi connectivity index (χ3n) is 4.50. The van der Waals surface area contributed by atoms with E-state index < -0.39 is 5.97 Å². The number of methoxy groups -OCH3 is 1. The number of carbonyl (C=O) groups excluding carboxylic acids is 3. The molecule has 0 atom stereocenters. The Morgan fingerprint density at radius 2 is 1.68 bits per heavy atom. The molecule has 2 rings (SSSR count). The lowest BCUT2D eigenvalue weighted by Gasteiger charge is -2.23. The Bertz CT molecular complexity index is 604. The number of ether oxygens (including phenoxy) is 1. The maximum Gasteiger partial charge on any atom is 0.337 e. The SMILES string of the molecule is COC(=O)c1ccc(N(CC(=O)NC2CCCCCC2)C(C)=O)cc1. The summed E-state index contributed by atoms with van der Waals surface area (Å²) in [5.74, 6) is -0.812. The Hall–Kier alpha value is -2.37. The van der Waals surface area contributed by atoms with E-state index in [9.17, 15) is 14.4 Å². The Morgan fingerprint density at radius 1 is 1.08 bits per heavy atom. The highest BCUT2D eigenvalue weighted by atomic mass is 16.5. The van der Waals surface area contributed by atoms with Crippen LogP contribution in [0.1, 0.15) is 55.8 Å². The van der Waals surface area contributed by atoms with Gasteiger partial charge in [-0.3, -0.25) is 9.59 Å². The molecule has 1 N–H and O–H groups in total. The zero-order valence-electron chi connectivity index (χ0n) is 14.9. The van der Waals surface area contributed by atoms with Gasteiger partial charge in [0.25, 0.3) is 0 Å². The lowest BCUT2D eigenvalue weighted by molar-refractivity contribution is -0.123. The van der Waals surface area contributed by atoms with E-state index in [0.717, 1.165) is 25.7 Å². The molecule has 0 saturated heterocycles. The number of hydrogen-bond acceptors (Lipinski definition) is 4. The van der Waals surface area contributed by atoms with E-state index >= 15 is 0 Å². The second kappa shape index (κ2) is 9.20. The van der Waals surface area contributed by atoms with Gasteiger partial charge in [-0.1, -0.05) is 25.7 Å². The number of hydrogen-bond donors (Lipinski definition) is 1. The maximum absolute atomic E-state index is 12.4. The van der Waals surface area contributed by atoms with Gasteiger partial charge in [0.05, 0.1) is 12.7 Å². The summed E-state index contributed by atoms with van der Waals surface area (Å²) in [6.45, 7) is 1.40. The van der Waals surface area contributed by atoms with Crippen LogP contribution < -0.4 is 10.2 Å². The van der Waals surface area contributed by atoms with Crippen LogP contribution in [0.3, 0.4) is 0 Å². The quantitative estimate of drug-likeness (QED) is 0.657. The summed E-state index contributed by atoms with van der Waals surface area (Å²) in [5, 5.41) is 3.05. The van der Waals surface area contributed by atoms with Crippen molar-refractivity contribution in [2.45, 2.75) is 51.5 Å². The van der Waals surface area contributed by atoms with Crippen LogP contribution in [0.25, 0.3) is 0 Å². The van der Waals surface area contributed by atoms with Gasteiger partial charge in [0.1, 0.15) is 6.54 Å². The molecule has 0 radical (unpaired) electrons. The molecule has 2 amide bonds. The molecule has 25 heavy (non-hydrogen) atoms. The normalized spacial score (nSPS) is 15.1. The molecular weight excluding hydrogens is 320 g/mol. The van der Waals surface area contributed by atoms with Crippen molar-refractivity contribution >= 4 is 23.5 Å². The van der Waals surface area contributed by atoms with E-state index in [2.05, 4.69) is 10.1 Å². The topological polar surface area (TPSA) is 75.7 Å². The largest absolute Gasteiger partial charge is 0.465 e. The van der Waals surface area contributed by atoms with Crippen molar-refractivity contribution in [3.05, 3.63) is 29.8 Å². The van der Waals surface area contributed by atoms with Crippen LogP contribution in [-0.4, -0.2) is 37.5 Å². The third kappa shape index (κ3) is 5.59. The fourth-order valence-electron chi connectivity index (χ4n) is 3.12. The van der Waals surface area contributed by atoms with Crippen LogP contribution >= 0.6 is 0 Å². The van der Waals surface area contributed by atoms with Crippen molar-refractivity contribution < 1.29 is 19.1 Å². The molecule has 0 spiro atoms. The summed E-state index contributed by atoms with van der Waals surface area (Å²) in [4.78, 5) is 37.2. The minimum absolute atomic E-state index is 0.0244. The van der Waals surface area contributed by atoms with Crippen LogP contribution in [0.2, 0.25) is 0 Å². The highest BCUT2D eigenvalue weighted by molar-refractivity contribution is 5.98. The van der Waals surface area contributed by atoms with Crippen LogP contribution in [0.4, 0.5) is 5.69 Å². The smallest absolute Gasteiger partial charge is 0.337 e. The van der Waals surface area contributed by atoms with Gasteiger partial charge in [-0.25, -0.2) is 4.79 Å². The predicted molar refractivity (Wildman–Crippen MR) is 95.4 cm³/mol. The highest BCUT2D eigenvalue weighted by Crippen LogP contribution is 2.18. The fourth-order valence-corrected chi connectivity index (χ4v) is 3.12. The minimum Gasteiger partial charge on any atom is -0.465 e. The molecule has 0 bridgehead atoms. The molecule has 1 saturated carbocycles. The Kier molecular flexibility index (Phi) is 6.98. The number of esters is 1. The number of benzene rings is 1. The van der Waals surface area contributed by atoms with Gasteiger partial charge in [-0.05, 0) is 37.1 Å². The summed E-state index contributed by atoms with van der Waals surface area (Å²) in [5.41, 5.74) is 0.980. The first-order valence-corrected chi connectivity index (χ1v) is 8.77. The van der Waals surface area contributed by atoms with E-state index in [0.29, 0.717) is 11.3 Å². The maximum atomic E-state index is 12.4. The van der Waals surface area contributed by atoms with Crippen LogP contribution in [0.5, 0.6) is 0 Å². The summed E-state index contributed by atoms with van der Waals surface area (Å²) in [6.07, 6.45) is 6.71. The van der Waals surface area contributed by atoms with E-state index in [-0.39, 0.29) is 24.4 Å². The molecule has 1 aliphatic rings. The molecule has 0 aliphatic heterocycles. The molecule has 1 fully saturated rings. The summed E-state index contributed by atoms with van der Waals surface area (Å²) >= 11 is 0. The number of rotatable bonds is 5. The number of anilines is 1. The molecule has 1 aromatic rings. The molecule has 6 heteroatoms. The van der Waals surface area contributed by atoms with Gasteiger partial charge in [-0.2, -0.15) is 0 Å². The number of nitrogens with zero attached hydrogens (tertiary/aromatic N) is 1. The zero-order chi connectivity index (χ0) is 18.2. The Labute approximate surface area is 148 Å². The summed E-state index contributed by atoms with van der Waals surface area (Å²) < 4.78 is 4.66. The van der Waals surface area contributed by atoms with Gasteiger partial charge in [0.2, 0.25) is 11.8 Å². The Morgan fingerprint density at radius 3 is 2.20 bits per heavy atom. The summed E-state index contributed by atoms with van der Waals surface area (Å²) in [6, 6.07) is 6.66. The van der Waals surface area contributed by atoms with Crippen molar-refractivity contribution in [3.8, 4) is 0 Å². The summed E-state index contributed by atoms with van der Waals surface area (Å²) in [7, 11) is 1.32. The molecule has 0 unspecified atom stereocenters. The van der Waals surface area contributed by atoms with E-state index in [1.165, 1.54) is 31.8 Å². The molecule has 0 heterocycles. The lowest BCUT2D eigenvalue weighted by atomic mass is 10.1. The van der Waals surface area contributed by atoms with Gasteiger partial charge < -0.3 is 15.0 Å². The van der Waals surface area contributed by atoms with Crippen LogP contribution in [0.15, 0.2) is 24.3 Å². The average Bonchev–Trinajstić information content (AvgIpc) is 2.87. The highest BCUT2D eigenvalue weighted by Gasteiger charge is 2.19. The van der Waals surface area contributed by atoms with Gasteiger partial charge in [-0.15, -0.1) is 0 Å². The van der Waals surface area contributed by atoms with Crippen molar-refractivity contribution in [2.24, 2.45) is 0 Å². The first-order chi connectivity index (χ1) is 12.0. The number of amides is 2. The zero-order valence-corrected chi connectivity index (χ0v) is 14.9. The first-order valence-electron chi connectivity index (χ1n) is 8.77. The van der Waals surface area contributed by atoms with Crippen molar-refractivity contribution in [1.82, 2.24) is 5.32 Å². The monoisotopic (exact) mass is 346 g/mol. The van der Waals surface area contributed by atoms with E-state index in [1.807, 2.05) is 0 Å². The third-order valence-corrected chi connectivity index (χ3v) is 4.50. The first kappa shape index (κ1) is 19.0. The van der Waals surface area contributed by atoms with Crippen molar-refractivity contribution in [2.75, 3.05) is 18.6 Å². The second-order valence-corrected chi connectivity index (χ2v) is 6.40. The van der Waals surface area contributed by atoms with Gasteiger partial charge in [0.15, 0.2) is 0 Å². The van der Waals surface area contributed by atoms with Crippen LogP contribution in [-0.2, 0) is 14.3 Å². The predicted octanol–water partition coefficient (Wildman–Crippen LogP) is 2.67. The minimum atomic E-state index is -0.438. The molecular formula is C19H26N2O4. The van der Waals surface area contributed by atoms with E-state index in [4.69, 9.17) is 0 Å². The number of nitrogens with one attached hydrogen (secondary N) is 1. The molecule has 0 aromatic heterocycles. The van der Waals surface area contributed by atoms with E-state index in [1.54, 1.807) is 24.3 Å². The number of carbonyl (C=O) groups is 3. The van der Waals surface area contributed by atoms with Gasteiger partial charge >= 0.3 is 5.97 Å². The standard InChI is InChI=1S/C19H26N2O4/c1-14(22)21(17-11-9-15(10-12-17)19(24)25-2)13-18(23)20-16-7-5-3-4-6-8-16/h9-12,16H,3-8,13H2,1-2H3,(H,20,23). The molecule has 6 nitrogen and oxygen atoms in total. The average molecular weight is 346 g/mol. The fraction of sp³-hybridized carbons (Fsp3) is 0.526. The molecule has 1 aromatic carbocycles.